The van der Waals surface area contributed by atoms with Gasteiger partial charge in [-0.05, 0) is 307 Å². The summed E-state index contributed by atoms with van der Waals surface area (Å²) >= 11 is 3.59. The van der Waals surface area contributed by atoms with Crippen LogP contribution in [-0.2, 0) is 118 Å². The zero-order chi connectivity index (χ0) is 94.8. The summed E-state index contributed by atoms with van der Waals surface area (Å²) in [6, 6.07) is 71.2. The molecule has 8 aliphatic carbocycles. The fourth-order valence-corrected chi connectivity index (χ4v) is 25.1. The van der Waals surface area contributed by atoms with Gasteiger partial charge in [-0.1, -0.05) is 162 Å². The number of halogens is 5. The SMILES string of the molecule is CN1C(=O)C2(N=C1N)c1cc(-c3cccnc3F)ccc1CC21CCc2ccccc2CC1.CN1C(=O)C2(N=C1N)c1cc(Br)ccc1CC21CCc2ccccc2CC1.CN1C(=O)[C@@]2(N=C1N)c1cc(-c3cccnc3F)ccc1CC21CCc2ccccc2CC1.CN1C(=O)[C@]2(N=C1N)c1cc(-c3cccnc3F)ccc1CC21CCc2ccccc2CC1.OB(O)c1cccnc1F. The molecule has 0 bridgehead atoms. The van der Waals surface area contributed by atoms with Gasteiger partial charge in [0.05, 0.1) is 0 Å². The van der Waals surface area contributed by atoms with Crippen LogP contribution in [0.3, 0.4) is 0 Å². The van der Waals surface area contributed by atoms with Gasteiger partial charge in [-0.15, -0.1) is 0 Å². The molecule has 4 aromatic heterocycles. The molecule has 4 aliphatic heterocycles. The third kappa shape index (κ3) is 14.3. The molecule has 4 amide bonds. The van der Waals surface area contributed by atoms with Crippen molar-refractivity contribution in [2.24, 2.45) is 64.6 Å². The van der Waals surface area contributed by atoms with Crippen molar-refractivity contribution in [1.82, 2.24) is 39.5 Å². The quantitative estimate of drug-likeness (QED) is 0.0542. The Hall–Kier alpha value is -13.7. The monoisotopic (exact) mass is 1880 g/mol. The molecule has 10 N–H and O–H groups in total. The highest BCUT2D eigenvalue weighted by Crippen LogP contribution is 2.66. The topological polar surface area (TPSA) is 327 Å². The zero-order valence-electron chi connectivity index (χ0n) is 75.9. The van der Waals surface area contributed by atoms with Crippen molar-refractivity contribution in [1.29, 1.82) is 0 Å². The number of benzene rings is 8. The number of aliphatic imine (C=N–C) groups is 4. The van der Waals surface area contributed by atoms with Crippen LogP contribution in [0.15, 0.2) is 268 Å². The van der Waals surface area contributed by atoms with E-state index in [1.165, 1.54) is 107 Å². The third-order valence-electron chi connectivity index (χ3n) is 31.8. The van der Waals surface area contributed by atoms with E-state index < -0.39 is 53.1 Å². The average Bonchev–Trinajstić information content (AvgIpc) is 1.55. The summed E-state index contributed by atoms with van der Waals surface area (Å²) in [5, 5.41) is 17.0. The van der Waals surface area contributed by atoms with Crippen molar-refractivity contribution in [3.63, 3.8) is 0 Å². The molecule has 4 atom stereocenters. The first-order valence-electron chi connectivity index (χ1n) is 46.3. The Morgan fingerprint density at radius 1 is 0.301 bits per heavy atom. The van der Waals surface area contributed by atoms with Gasteiger partial charge in [0.15, 0.2) is 46.0 Å². The molecule has 22 nitrogen and oxygen atoms in total. The molecule has 0 fully saturated rings. The van der Waals surface area contributed by atoms with Crippen LogP contribution in [0.4, 0.5) is 17.6 Å². The predicted octanol–water partition coefficient (Wildman–Crippen LogP) is 14.4. The minimum atomic E-state index is -1.78. The number of fused-ring (bicyclic) bond motifs is 16. The number of rotatable bonds is 4. The largest absolute Gasteiger partial charge is 0.493 e. The van der Waals surface area contributed by atoms with Crippen molar-refractivity contribution in [3.05, 3.63) is 360 Å². The first-order valence-corrected chi connectivity index (χ1v) is 47.1. The highest BCUT2D eigenvalue weighted by Gasteiger charge is 2.70. The molecular weight excluding hydrogens is 1780 g/mol. The fourth-order valence-electron chi connectivity index (χ4n) is 24.7. The molecule has 8 spiro atoms. The molecule has 136 heavy (non-hydrogen) atoms. The van der Waals surface area contributed by atoms with Crippen LogP contribution in [-0.4, -0.2) is 132 Å². The molecule has 12 aromatic rings. The average molecular weight is 1890 g/mol. The molecule has 28 heteroatoms. The zero-order valence-corrected chi connectivity index (χ0v) is 77.5. The summed E-state index contributed by atoms with van der Waals surface area (Å²) in [4.78, 5) is 95.6. The van der Waals surface area contributed by atoms with Crippen LogP contribution in [0.5, 0.6) is 0 Å². The lowest BCUT2D eigenvalue weighted by Crippen LogP contribution is -2.49. The number of likely N-dealkylation sites (N-methyl/N-ethyl adjacent to an activating group) is 4. The Bertz CT molecular complexity index is 6460. The van der Waals surface area contributed by atoms with E-state index in [0.29, 0.717) is 39.3 Å². The second kappa shape index (κ2) is 34.6. The minimum absolute atomic E-state index is 0.0165. The molecule has 24 rings (SSSR count). The maximum atomic E-state index is 14.5. The van der Waals surface area contributed by atoms with Crippen LogP contribution in [0.25, 0.3) is 33.4 Å². The van der Waals surface area contributed by atoms with Gasteiger partial charge in [-0.2, -0.15) is 17.6 Å². The molecule has 8 heterocycles. The second-order valence-electron chi connectivity index (χ2n) is 38.3. The van der Waals surface area contributed by atoms with Crippen LogP contribution in [0.1, 0.15) is 140 Å². The Morgan fingerprint density at radius 3 is 0.743 bits per heavy atom. The molecule has 2 unspecified atom stereocenters. The number of guanidine groups is 4. The highest BCUT2D eigenvalue weighted by atomic mass is 79.9. The number of aryl methyl sites for hydroxylation is 8. The van der Waals surface area contributed by atoms with E-state index in [0.717, 1.165) is 172 Å². The molecule has 12 aliphatic rings. The van der Waals surface area contributed by atoms with Crippen LogP contribution in [0, 0.1) is 45.5 Å². The number of nitrogens with two attached hydrogens (primary N) is 4. The van der Waals surface area contributed by atoms with Gasteiger partial charge in [-0.3, -0.25) is 38.8 Å². The summed E-state index contributed by atoms with van der Waals surface area (Å²) in [6.45, 7) is 0. The first-order chi connectivity index (χ1) is 65.5. The van der Waals surface area contributed by atoms with Crippen molar-refractivity contribution in [2.45, 2.75) is 151 Å². The number of hydrogen-bond acceptors (Lipinski definition) is 18. The van der Waals surface area contributed by atoms with E-state index in [2.05, 4.69) is 151 Å². The molecule has 0 saturated heterocycles. The number of aromatic nitrogens is 4. The Kier molecular flexibility index (Phi) is 22.9. The molecule has 8 aromatic carbocycles. The van der Waals surface area contributed by atoms with Gasteiger partial charge >= 0.3 is 7.12 Å². The maximum absolute atomic E-state index is 14.5. The van der Waals surface area contributed by atoms with E-state index in [1.807, 2.05) is 54.6 Å². The van der Waals surface area contributed by atoms with Gasteiger partial charge in [0.1, 0.15) is 0 Å². The van der Waals surface area contributed by atoms with Gasteiger partial charge in [-0.25, -0.2) is 39.9 Å². The van der Waals surface area contributed by atoms with Crippen molar-refractivity contribution < 1.29 is 46.8 Å². The van der Waals surface area contributed by atoms with E-state index >= 15 is 0 Å². The number of nitrogens with zero attached hydrogens (tertiary/aromatic N) is 12. The van der Waals surface area contributed by atoms with Crippen LogP contribution in [0.2, 0.25) is 0 Å². The van der Waals surface area contributed by atoms with Gasteiger partial charge in [0.25, 0.3) is 23.6 Å². The van der Waals surface area contributed by atoms with Crippen molar-refractivity contribution in [3.8, 4) is 33.4 Å². The second-order valence-corrected chi connectivity index (χ2v) is 39.2. The van der Waals surface area contributed by atoms with E-state index in [-0.39, 0.29) is 68.6 Å². The summed E-state index contributed by atoms with van der Waals surface area (Å²) in [5.74, 6) is -1.62. The lowest BCUT2D eigenvalue weighted by Gasteiger charge is -2.40. The Labute approximate surface area is 794 Å². The van der Waals surface area contributed by atoms with Crippen LogP contribution >= 0.6 is 15.9 Å². The predicted molar refractivity (Wildman–Crippen MR) is 518 cm³/mol. The van der Waals surface area contributed by atoms with Crippen LogP contribution < -0.4 is 28.4 Å². The van der Waals surface area contributed by atoms with Gasteiger partial charge in [0, 0.05) is 101 Å². The van der Waals surface area contributed by atoms with Gasteiger partial charge < -0.3 is 33.0 Å². The van der Waals surface area contributed by atoms with Gasteiger partial charge in [0.2, 0.25) is 23.8 Å². The molecular formula is C108H102BBrF4N16O6. The van der Waals surface area contributed by atoms with Crippen molar-refractivity contribution >= 4 is 76.0 Å². The fraction of sp³-hybridized carbons (Fsp3) is 0.296. The molecule has 0 saturated carbocycles. The molecule has 688 valence electrons. The third-order valence-corrected chi connectivity index (χ3v) is 32.3. The summed E-state index contributed by atoms with van der Waals surface area (Å²) in [5.41, 5.74) is 41.5. The highest BCUT2D eigenvalue weighted by molar-refractivity contribution is 9.10. The Morgan fingerprint density at radius 2 is 0.529 bits per heavy atom. The minimum Gasteiger partial charge on any atom is -0.423 e. The normalized spacial score (nSPS) is 22.4. The van der Waals surface area contributed by atoms with E-state index in [1.54, 1.807) is 64.6 Å². The maximum Gasteiger partial charge on any atom is 0.493 e. The summed E-state index contributed by atoms with van der Waals surface area (Å²) in [7, 11) is 5.03. The Balaban J connectivity index is 0.000000109. The van der Waals surface area contributed by atoms with E-state index in [4.69, 9.17) is 53.0 Å². The lowest BCUT2D eigenvalue weighted by molar-refractivity contribution is -0.136. The summed E-state index contributed by atoms with van der Waals surface area (Å²) in [6.07, 6.45) is 22.9. The lowest BCUT2D eigenvalue weighted by atomic mass is 9.65. The smallest absolute Gasteiger partial charge is 0.423 e. The number of carbonyl (C=O) groups is 4. The number of hydrogen-bond donors (Lipinski definition) is 6. The summed E-state index contributed by atoms with van der Waals surface area (Å²) < 4.78 is 56.9. The van der Waals surface area contributed by atoms with Crippen molar-refractivity contribution in [2.75, 3.05) is 28.2 Å². The number of carbonyl (C=O) groups excluding carboxylic acids is 4. The van der Waals surface area contributed by atoms with E-state index in [9.17, 15) is 36.7 Å². The first kappa shape index (κ1) is 90.1. The standard InChI is InChI=1S/3C27H25FN4O.C22H22BrN3O.C5H5BFNO2/c3*1-32-24(33)27(31-25(32)29)22-15-19(21-7-4-14-30-23(21)28)8-9-20(22)16-26(27)12-10-17-5-2-3-6-18(17)11-13-26;1-26-19(27)22(25-20(26)24)18-12-17(23)7-6-16(18)13-21(22)10-8-14-4-2-3-5-15(14)9-11-21;7-5-4(6(9)10)2-1-3-8-5/h3*2-9,14-15H,10-13,16H2,1H3,(H2,29,31);2-7,12H,8-11,13H2,1H3,(H2,24,25);1-3,9-10H/t2*27-;;;/m10.../s1. The molecule has 0 radical (unpaired) electrons. The number of pyridine rings is 4. The number of amides is 4.